The molecule has 1 amide bonds. The van der Waals surface area contributed by atoms with Crippen LogP contribution < -0.4 is 5.32 Å². The fourth-order valence-electron chi connectivity index (χ4n) is 3.27. The number of hydrogen-bond acceptors (Lipinski definition) is 4. The molecule has 2 N–H and O–H groups in total. The third kappa shape index (κ3) is 18.5. The van der Waals surface area contributed by atoms with E-state index in [0.29, 0.717) is 13.2 Å². The average Bonchev–Trinajstić information content (AvgIpc) is 2.70. The Balaban J connectivity index is 3.90. The van der Waals surface area contributed by atoms with Gasteiger partial charge in [0.15, 0.2) is 0 Å². The zero-order chi connectivity index (χ0) is 20.7. The van der Waals surface area contributed by atoms with E-state index in [2.05, 4.69) is 19.2 Å². The smallest absolute Gasteiger partial charge is 0.409 e. The summed E-state index contributed by atoms with van der Waals surface area (Å²) in [5.74, 6) is 0. The first kappa shape index (κ1) is 27.2. The van der Waals surface area contributed by atoms with Crippen LogP contribution in [0, 0.1) is 0 Å². The van der Waals surface area contributed by atoms with E-state index in [1.807, 2.05) is 4.90 Å². The Bertz CT molecular complexity index is 327. The minimum absolute atomic E-state index is 0.116. The van der Waals surface area contributed by atoms with Gasteiger partial charge in [-0.3, -0.25) is 0 Å². The first-order valence-electron chi connectivity index (χ1n) is 12.0. The molecule has 0 unspecified atom stereocenters. The predicted octanol–water partition coefficient (Wildman–Crippen LogP) is 5.51. The number of unbranched alkanes of at least 4 members (excludes halogenated alkanes) is 11. The maximum Gasteiger partial charge on any atom is 0.409 e. The van der Waals surface area contributed by atoms with Gasteiger partial charge in [0.2, 0.25) is 0 Å². The minimum atomic E-state index is -0.116. The maximum absolute atomic E-state index is 12.5. The SMILES string of the molecule is CCCCCCCCN(CCCCCC)C(=O)OCCCCCCNCCO. The molecule has 168 valence electrons. The van der Waals surface area contributed by atoms with Crippen LogP contribution in [0.15, 0.2) is 0 Å². The normalized spacial score (nSPS) is 11.0. The monoisotopic (exact) mass is 400 g/mol. The average molecular weight is 401 g/mol. The number of carbonyl (C=O) groups excluding carboxylic acids is 1. The highest BCUT2D eigenvalue weighted by Gasteiger charge is 2.14. The van der Waals surface area contributed by atoms with Crippen LogP contribution in [-0.2, 0) is 4.74 Å². The van der Waals surface area contributed by atoms with E-state index in [1.165, 1.54) is 51.4 Å². The van der Waals surface area contributed by atoms with Crippen LogP contribution >= 0.6 is 0 Å². The Morgan fingerprint density at radius 2 is 1.29 bits per heavy atom. The molecule has 0 aromatic carbocycles. The summed E-state index contributed by atoms with van der Waals surface area (Å²) in [6.45, 7) is 8.48. The quantitative estimate of drug-likeness (QED) is 0.249. The van der Waals surface area contributed by atoms with Gasteiger partial charge in [0.25, 0.3) is 0 Å². The summed E-state index contributed by atoms with van der Waals surface area (Å²) in [6.07, 6.45) is 16.4. The molecular formula is C23H48N2O3. The number of carbonyl (C=O) groups is 1. The highest BCUT2D eigenvalue weighted by atomic mass is 16.6. The summed E-state index contributed by atoms with van der Waals surface area (Å²) in [5.41, 5.74) is 0. The van der Waals surface area contributed by atoms with Crippen molar-refractivity contribution in [2.24, 2.45) is 0 Å². The van der Waals surface area contributed by atoms with E-state index >= 15 is 0 Å². The van der Waals surface area contributed by atoms with Crippen molar-refractivity contribution < 1.29 is 14.6 Å². The van der Waals surface area contributed by atoms with Crippen LogP contribution in [-0.4, -0.2) is 55.5 Å². The van der Waals surface area contributed by atoms with Crippen molar-refractivity contribution in [1.29, 1.82) is 0 Å². The summed E-state index contributed by atoms with van der Waals surface area (Å²) in [7, 11) is 0. The summed E-state index contributed by atoms with van der Waals surface area (Å²) >= 11 is 0. The van der Waals surface area contributed by atoms with Gasteiger partial charge in [-0.15, -0.1) is 0 Å². The van der Waals surface area contributed by atoms with Gasteiger partial charge in [-0.05, 0) is 32.2 Å². The Kier molecular flexibility index (Phi) is 21.8. The van der Waals surface area contributed by atoms with Crippen LogP contribution in [0.1, 0.15) is 104 Å². The fourth-order valence-corrected chi connectivity index (χ4v) is 3.27. The van der Waals surface area contributed by atoms with E-state index in [0.717, 1.165) is 58.2 Å². The Morgan fingerprint density at radius 3 is 1.93 bits per heavy atom. The maximum atomic E-state index is 12.5. The van der Waals surface area contributed by atoms with Crippen molar-refractivity contribution >= 4 is 6.09 Å². The fraction of sp³-hybridized carbons (Fsp3) is 0.957. The second kappa shape index (κ2) is 22.5. The first-order valence-corrected chi connectivity index (χ1v) is 12.0. The van der Waals surface area contributed by atoms with Crippen LogP contribution in [0.3, 0.4) is 0 Å². The number of aliphatic hydroxyl groups excluding tert-OH is 1. The van der Waals surface area contributed by atoms with Gasteiger partial charge in [-0.25, -0.2) is 4.79 Å². The molecule has 5 heteroatoms. The zero-order valence-electron chi connectivity index (χ0n) is 18.9. The highest BCUT2D eigenvalue weighted by molar-refractivity contribution is 5.67. The number of hydrogen-bond donors (Lipinski definition) is 2. The Morgan fingerprint density at radius 1 is 0.750 bits per heavy atom. The molecule has 0 spiro atoms. The Labute approximate surface area is 174 Å². The van der Waals surface area contributed by atoms with Crippen molar-refractivity contribution in [3.63, 3.8) is 0 Å². The summed E-state index contributed by atoms with van der Waals surface area (Å²) in [4.78, 5) is 14.4. The van der Waals surface area contributed by atoms with Gasteiger partial charge in [-0.1, -0.05) is 78.1 Å². The number of amides is 1. The van der Waals surface area contributed by atoms with Crippen molar-refractivity contribution in [1.82, 2.24) is 10.2 Å². The lowest BCUT2D eigenvalue weighted by Gasteiger charge is -2.22. The number of nitrogens with zero attached hydrogens (tertiary/aromatic N) is 1. The molecule has 0 bridgehead atoms. The molecule has 0 saturated carbocycles. The molecule has 0 fully saturated rings. The molecule has 0 atom stereocenters. The number of ether oxygens (including phenoxy) is 1. The van der Waals surface area contributed by atoms with Gasteiger partial charge < -0.3 is 20.1 Å². The van der Waals surface area contributed by atoms with Crippen LogP contribution in [0.2, 0.25) is 0 Å². The standard InChI is InChI=1S/C23H48N2O3/c1-3-5-7-9-11-15-20-25(19-14-8-6-4-2)23(27)28-22-16-12-10-13-17-24-18-21-26/h24,26H,3-22H2,1-2H3. The number of rotatable bonds is 21. The molecule has 28 heavy (non-hydrogen) atoms. The van der Waals surface area contributed by atoms with Crippen molar-refractivity contribution in [3.05, 3.63) is 0 Å². The molecule has 0 rings (SSSR count). The molecule has 0 aromatic heterocycles. The molecule has 5 nitrogen and oxygen atoms in total. The molecule has 0 aliphatic rings. The molecule has 0 radical (unpaired) electrons. The molecule has 0 saturated heterocycles. The summed E-state index contributed by atoms with van der Waals surface area (Å²) < 4.78 is 5.54. The van der Waals surface area contributed by atoms with Gasteiger partial charge in [-0.2, -0.15) is 0 Å². The van der Waals surface area contributed by atoms with E-state index in [4.69, 9.17) is 9.84 Å². The predicted molar refractivity (Wildman–Crippen MR) is 119 cm³/mol. The third-order valence-electron chi connectivity index (χ3n) is 5.08. The van der Waals surface area contributed by atoms with E-state index in [9.17, 15) is 4.79 Å². The lowest BCUT2D eigenvalue weighted by Crippen LogP contribution is -2.33. The molecule has 0 heterocycles. The van der Waals surface area contributed by atoms with Gasteiger partial charge >= 0.3 is 6.09 Å². The topological polar surface area (TPSA) is 61.8 Å². The van der Waals surface area contributed by atoms with E-state index < -0.39 is 0 Å². The molecular weight excluding hydrogens is 352 g/mol. The lowest BCUT2D eigenvalue weighted by atomic mass is 10.1. The second-order valence-electron chi connectivity index (χ2n) is 7.82. The van der Waals surface area contributed by atoms with Crippen molar-refractivity contribution in [3.8, 4) is 0 Å². The Hall–Kier alpha value is -0.810. The van der Waals surface area contributed by atoms with Crippen LogP contribution in [0.25, 0.3) is 0 Å². The van der Waals surface area contributed by atoms with E-state index in [1.54, 1.807) is 0 Å². The van der Waals surface area contributed by atoms with Crippen LogP contribution in [0.4, 0.5) is 4.79 Å². The van der Waals surface area contributed by atoms with Crippen molar-refractivity contribution in [2.75, 3.05) is 39.4 Å². The largest absolute Gasteiger partial charge is 0.449 e. The lowest BCUT2D eigenvalue weighted by molar-refractivity contribution is 0.0989. The van der Waals surface area contributed by atoms with Gasteiger partial charge in [0.05, 0.1) is 13.2 Å². The van der Waals surface area contributed by atoms with E-state index in [-0.39, 0.29) is 12.7 Å². The number of aliphatic hydroxyl groups is 1. The number of nitrogens with one attached hydrogen (secondary N) is 1. The van der Waals surface area contributed by atoms with Crippen LogP contribution in [0.5, 0.6) is 0 Å². The minimum Gasteiger partial charge on any atom is -0.449 e. The molecule has 0 aromatic rings. The zero-order valence-corrected chi connectivity index (χ0v) is 18.9. The molecule has 0 aliphatic carbocycles. The second-order valence-corrected chi connectivity index (χ2v) is 7.82. The third-order valence-corrected chi connectivity index (χ3v) is 5.08. The van der Waals surface area contributed by atoms with Gasteiger partial charge in [0, 0.05) is 19.6 Å². The first-order chi connectivity index (χ1) is 13.8. The molecule has 0 aliphatic heterocycles. The summed E-state index contributed by atoms with van der Waals surface area (Å²) in [5, 5.41) is 11.9. The van der Waals surface area contributed by atoms with Gasteiger partial charge in [0.1, 0.15) is 0 Å². The summed E-state index contributed by atoms with van der Waals surface area (Å²) in [6, 6.07) is 0. The van der Waals surface area contributed by atoms with Crippen molar-refractivity contribution in [2.45, 2.75) is 104 Å². The highest BCUT2D eigenvalue weighted by Crippen LogP contribution is 2.09.